The Morgan fingerprint density at radius 3 is 2.59 bits per heavy atom. The van der Waals surface area contributed by atoms with Crippen LogP contribution in [0, 0.1) is 0 Å². The Balaban J connectivity index is 2.87. The molecule has 0 fully saturated rings. The van der Waals surface area contributed by atoms with Crippen molar-refractivity contribution in [3.63, 3.8) is 0 Å². The van der Waals surface area contributed by atoms with Crippen LogP contribution < -0.4 is 5.19 Å². The van der Waals surface area contributed by atoms with E-state index in [2.05, 4.69) is 37.6 Å². The maximum Gasteiger partial charge on any atom is 0.124 e. The summed E-state index contributed by atoms with van der Waals surface area (Å²) in [4.78, 5) is 4.35. The third kappa shape index (κ3) is 4.34. The van der Waals surface area contributed by atoms with Crippen LogP contribution in [0.1, 0.15) is 25.3 Å². The third-order valence-electron chi connectivity index (χ3n) is 2.76. The van der Waals surface area contributed by atoms with E-state index < -0.39 is 8.07 Å². The molecule has 2 nitrogen and oxygen atoms in total. The number of phenolic OH excluding ortho intramolecular Hbond substituents is 1. The molecule has 0 aliphatic heterocycles. The molecule has 0 aliphatic carbocycles. The molecule has 94 valence electrons. The molecule has 1 aromatic rings. The van der Waals surface area contributed by atoms with Crippen LogP contribution in [0.25, 0.3) is 0 Å². The van der Waals surface area contributed by atoms with Gasteiger partial charge in [0.15, 0.2) is 0 Å². The summed E-state index contributed by atoms with van der Waals surface area (Å²) in [7, 11) is -1.31. The molecule has 0 unspecified atom stereocenters. The maximum absolute atomic E-state index is 9.78. The van der Waals surface area contributed by atoms with Gasteiger partial charge in [-0.25, -0.2) is 0 Å². The van der Waals surface area contributed by atoms with Crippen molar-refractivity contribution in [1.29, 1.82) is 0 Å². The Hall–Kier alpha value is -1.09. The largest absolute Gasteiger partial charge is 0.507 e. The van der Waals surface area contributed by atoms with Gasteiger partial charge in [0.05, 0.1) is 8.07 Å². The Morgan fingerprint density at radius 2 is 2.00 bits per heavy atom. The zero-order chi connectivity index (χ0) is 12.9. The first-order valence-corrected chi connectivity index (χ1v) is 9.78. The Morgan fingerprint density at radius 1 is 1.29 bits per heavy atom. The standard InChI is InChI=1S/C14H23NOSi/c1-5-6-9-15-11-12-10-13(17(2,3)4)7-8-14(12)16/h7-8,10-11,16H,5-6,9H2,1-4H3. The first kappa shape index (κ1) is 14.0. The summed E-state index contributed by atoms with van der Waals surface area (Å²) in [5.74, 6) is 0.326. The van der Waals surface area contributed by atoms with Crippen molar-refractivity contribution in [2.24, 2.45) is 4.99 Å². The summed E-state index contributed by atoms with van der Waals surface area (Å²) in [6.07, 6.45) is 4.05. The fraction of sp³-hybridized carbons (Fsp3) is 0.500. The van der Waals surface area contributed by atoms with E-state index in [1.807, 2.05) is 6.07 Å². The van der Waals surface area contributed by atoms with Gasteiger partial charge in [0, 0.05) is 18.3 Å². The molecule has 0 aliphatic rings. The van der Waals surface area contributed by atoms with Crippen molar-refractivity contribution in [3.05, 3.63) is 23.8 Å². The first-order chi connectivity index (χ1) is 7.95. The summed E-state index contributed by atoms with van der Waals surface area (Å²) in [5.41, 5.74) is 0.848. The van der Waals surface area contributed by atoms with Gasteiger partial charge in [-0.2, -0.15) is 0 Å². The van der Waals surface area contributed by atoms with Crippen molar-refractivity contribution in [3.8, 4) is 5.75 Å². The minimum absolute atomic E-state index is 0.326. The molecule has 1 N–H and O–H groups in total. The topological polar surface area (TPSA) is 32.6 Å². The van der Waals surface area contributed by atoms with Crippen LogP contribution in [0.4, 0.5) is 0 Å². The van der Waals surface area contributed by atoms with Crippen LogP contribution in [-0.4, -0.2) is 25.9 Å². The normalized spacial score (nSPS) is 12.2. The Kier molecular flexibility index (Phi) is 4.94. The predicted octanol–water partition coefficient (Wildman–Crippen LogP) is 3.16. The molecule has 0 radical (unpaired) electrons. The van der Waals surface area contributed by atoms with Crippen LogP contribution in [-0.2, 0) is 0 Å². The van der Waals surface area contributed by atoms with E-state index in [0.29, 0.717) is 5.75 Å². The highest BCUT2D eigenvalue weighted by Gasteiger charge is 2.17. The second kappa shape index (κ2) is 6.01. The van der Waals surface area contributed by atoms with Gasteiger partial charge in [-0.1, -0.05) is 50.3 Å². The summed E-state index contributed by atoms with van der Waals surface area (Å²) in [6, 6.07) is 5.90. The van der Waals surface area contributed by atoms with Crippen molar-refractivity contribution in [2.45, 2.75) is 39.4 Å². The molecular weight excluding hydrogens is 226 g/mol. The Bertz CT molecular complexity index is 394. The highest BCUT2D eigenvalue weighted by Crippen LogP contribution is 2.14. The summed E-state index contributed by atoms with van der Waals surface area (Å²) in [6.45, 7) is 9.90. The molecule has 0 amide bonds. The van der Waals surface area contributed by atoms with Gasteiger partial charge in [-0.05, 0) is 12.5 Å². The van der Waals surface area contributed by atoms with E-state index in [-0.39, 0.29) is 0 Å². The Labute approximate surface area is 105 Å². The molecular formula is C14H23NOSi. The predicted molar refractivity (Wildman–Crippen MR) is 78.5 cm³/mol. The van der Waals surface area contributed by atoms with Gasteiger partial charge >= 0.3 is 0 Å². The first-order valence-electron chi connectivity index (χ1n) is 6.28. The summed E-state index contributed by atoms with van der Waals surface area (Å²) >= 11 is 0. The highest BCUT2D eigenvalue weighted by atomic mass is 28.3. The summed E-state index contributed by atoms with van der Waals surface area (Å²) in [5, 5.41) is 11.1. The van der Waals surface area contributed by atoms with Crippen molar-refractivity contribution in [1.82, 2.24) is 0 Å². The van der Waals surface area contributed by atoms with Gasteiger partial charge in [0.2, 0.25) is 0 Å². The van der Waals surface area contributed by atoms with Crippen LogP contribution in [0.5, 0.6) is 5.75 Å². The minimum Gasteiger partial charge on any atom is -0.507 e. The molecule has 0 aromatic heterocycles. The van der Waals surface area contributed by atoms with Gasteiger partial charge in [0.1, 0.15) is 5.75 Å². The van der Waals surface area contributed by atoms with E-state index >= 15 is 0 Å². The van der Waals surface area contributed by atoms with Gasteiger partial charge in [0.25, 0.3) is 0 Å². The molecule has 0 atom stereocenters. The monoisotopic (exact) mass is 249 g/mol. The van der Waals surface area contributed by atoms with Crippen molar-refractivity contribution in [2.75, 3.05) is 6.54 Å². The van der Waals surface area contributed by atoms with E-state index in [1.165, 1.54) is 5.19 Å². The van der Waals surface area contributed by atoms with Crippen molar-refractivity contribution >= 4 is 19.5 Å². The lowest BCUT2D eigenvalue weighted by atomic mass is 10.2. The number of hydrogen-bond acceptors (Lipinski definition) is 2. The SMILES string of the molecule is CCCCN=Cc1cc([Si](C)(C)C)ccc1O. The van der Waals surface area contributed by atoms with Crippen LogP contribution >= 0.6 is 0 Å². The summed E-state index contributed by atoms with van der Waals surface area (Å²) < 4.78 is 0. The zero-order valence-electron chi connectivity index (χ0n) is 11.3. The lowest BCUT2D eigenvalue weighted by Gasteiger charge is -2.17. The highest BCUT2D eigenvalue weighted by molar-refractivity contribution is 6.88. The quantitative estimate of drug-likeness (QED) is 0.485. The van der Waals surface area contributed by atoms with Gasteiger partial charge in [-0.3, -0.25) is 4.99 Å². The number of aliphatic imine (C=N–C) groups is 1. The number of aromatic hydroxyl groups is 1. The number of nitrogens with zero attached hydrogens (tertiary/aromatic N) is 1. The van der Waals surface area contributed by atoms with Crippen molar-refractivity contribution < 1.29 is 5.11 Å². The second-order valence-electron chi connectivity index (χ2n) is 5.41. The molecule has 1 aromatic carbocycles. The van der Waals surface area contributed by atoms with E-state index in [9.17, 15) is 5.11 Å². The fourth-order valence-electron chi connectivity index (χ4n) is 1.54. The minimum atomic E-state index is -1.31. The molecule has 17 heavy (non-hydrogen) atoms. The van der Waals surface area contributed by atoms with Gasteiger partial charge in [-0.15, -0.1) is 0 Å². The van der Waals surface area contributed by atoms with Crippen LogP contribution in [0.15, 0.2) is 23.2 Å². The van der Waals surface area contributed by atoms with Crippen LogP contribution in [0.2, 0.25) is 19.6 Å². The van der Waals surface area contributed by atoms with Crippen LogP contribution in [0.3, 0.4) is 0 Å². The number of phenols is 1. The van der Waals surface area contributed by atoms with E-state index in [0.717, 1.165) is 24.9 Å². The smallest absolute Gasteiger partial charge is 0.124 e. The average molecular weight is 249 g/mol. The third-order valence-corrected chi connectivity index (χ3v) is 4.81. The fourth-order valence-corrected chi connectivity index (χ4v) is 2.71. The number of benzene rings is 1. The molecule has 0 heterocycles. The van der Waals surface area contributed by atoms with Gasteiger partial charge < -0.3 is 5.11 Å². The number of unbranched alkanes of at least 4 members (excludes halogenated alkanes) is 1. The molecule has 0 saturated heterocycles. The molecule has 1 rings (SSSR count). The lowest BCUT2D eigenvalue weighted by Crippen LogP contribution is -2.37. The second-order valence-corrected chi connectivity index (χ2v) is 10.5. The lowest BCUT2D eigenvalue weighted by molar-refractivity contribution is 0.474. The van der Waals surface area contributed by atoms with E-state index in [4.69, 9.17) is 0 Å². The molecule has 0 saturated carbocycles. The number of hydrogen-bond donors (Lipinski definition) is 1. The molecule has 3 heteroatoms. The zero-order valence-corrected chi connectivity index (χ0v) is 12.3. The van der Waals surface area contributed by atoms with E-state index in [1.54, 1.807) is 12.3 Å². The maximum atomic E-state index is 9.78. The molecule has 0 spiro atoms. The number of rotatable bonds is 5. The average Bonchev–Trinajstić information content (AvgIpc) is 2.25. The molecule has 0 bridgehead atoms.